The standard InChI is InChI=1S/C41H58N4O11/c1-26(2)29(24-33(47)31(18-21-38(52)53)43-35(49)13-7-6-10-22-45-36(50)19-20-37(45)51)39(54)44-30(11-8-9-12-34(42)48)32(46)23-27-14-16-28(17-15-27)25-56-40(55)41(3,4)5/h14-17,19-20,26,29-31H,6-13,18,21-25H2,1-5H3,(H2,42,48)(H,43,49)(H,44,54)(H,52,53)/t29-,30-,31-/m0/s1. The topological polar surface area (TPSA) is 236 Å². The van der Waals surface area contributed by atoms with Gasteiger partial charge in [0.05, 0.1) is 17.5 Å². The van der Waals surface area contributed by atoms with Gasteiger partial charge in [0.15, 0.2) is 11.6 Å². The number of carbonyl (C=O) groups is 9. The molecule has 5 N–H and O–H groups in total. The number of nitrogens with zero attached hydrogens (tertiary/aromatic N) is 1. The van der Waals surface area contributed by atoms with Crippen molar-refractivity contribution in [2.45, 2.75) is 130 Å². The molecular formula is C41H58N4O11. The summed E-state index contributed by atoms with van der Waals surface area (Å²) in [7, 11) is 0. The summed E-state index contributed by atoms with van der Waals surface area (Å²) in [5.74, 6) is -5.88. The number of amides is 5. The average molecular weight is 783 g/mol. The molecule has 308 valence electrons. The van der Waals surface area contributed by atoms with E-state index in [9.17, 15) is 48.3 Å². The maximum Gasteiger partial charge on any atom is 0.311 e. The van der Waals surface area contributed by atoms with Crippen molar-refractivity contribution in [2.24, 2.45) is 23.0 Å². The van der Waals surface area contributed by atoms with Crippen molar-refractivity contribution >= 4 is 53.0 Å². The minimum absolute atomic E-state index is 0.0247. The fourth-order valence-electron chi connectivity index (χ4n) is 5.91. The predicted molar refractivity (Wildman–Crippen MR) is 205 cm³/mol. The summed E-state index contributed by atoms with van der Waals surface area (Å²) in [4.78, 5) is 113. The van der Waals surface area contributed by atoms with Gasteiger partial charge in [0.1, 0.15) is 6.61 Å². The largest absolute Gasteiger partial charge is 0.481 e. The Labute approximate surface area is 328 Å². The molecule has 0 fully saturated rings. The Hall–Kier alpha value is -5.21. The van der Waals surface area contributed by atoms with Gasteiger partial charge in [0.25, 0.3) is 11.8 Å². The fraction of sp³-hybridized carbons (Fsp3) is 0.585. The second kappa shape index (κ2) is 23.0. The van der Waals surface area contributed by atoms with Crippen molar-refractivity contribution in [1.29, 1.82) is 0 Å². The van der Waals surface area contributed by atoms with Crippen LogP contribution in [0.3, 0.4) is 0 Å². The number of nitrogens with two attached hydrogens (primary N) is 1. The van der Waals surface area contributed by atoms with Crippen LogP contribution in [0, 0.1) is 17.3 Å². The number of aliphatic carboxylic acids is 1. The van der Waals surface area contributed by atoms with E-state index in [4.69, 9.17) is 10.5 Å². The zero-order valence-corrected chi connectivity index (χ0v) is 33.2. The van der Waals surface area contributed by atoms with E-state index in [0.29, 0.717) is 37.7 Å². The van der Waals surface area contributed by atoms with Crippen molar-refractivity contribution in [3.8, 4) is 0 Å². The maximum absolute atomic E-state index is 13.8. The first-order valence-corrected chi connectivity index (χ1v) is 19.2. The third-order valence-electron chi connectivity index (χ3n) is 9.37. The molecular weight excluding hydrogens is 724 g/mol. The highest BCUT2D eigenvalue weighted by molar-refractivity contribution is 6.12. The number of unbranched alkanes of at least 4 members (excludes halogenated alkanes) is 3. The van der Waals surface area contributed by atoms with Crippen molar-refractivity contribution in [1.82, 2.24) is 15.5 Å². The van der Waals surface area contributed by atoms with Crippen LogP contribution in [0.2, 0.25) is 0 Å². The molecule has 3 atom stereocenters. The molecule has 5 amide bonds. The summed E-state index contributed by atoms with van der Waals surface area (Å²) < 4.78 is 5.36. The number of ether oxygens (including phenoxy) is 1. The minimum Gasteiger partial charge on any atom is -0.481 e. The third-order valence-corrected chi connectivity index (χ3v) is 9.37. The van der Waals surface area contributed by atoms with Crippen LogP contribution < -0.4 is 16.4 Å². The first-order chi connectivity index (χ1) is 26.3. The van der Waals surface area contributed by atoms with E-state index in [1.54, 1.807) is 58.9 Å². The van der Waals surface area contributed by atoms with Gasteiger partial charge in [-0.3, -0.25) is 48.1 Å². The van der Waals surface area contributed by atoms with Gasteiger partial charge in [-0.2, -0.15) is 0 Å². The van der Waals surface area contributed by atoms with Crippen molar-refractivity contribution < 1.29 is 53.0 Å². The Morgan fingerprint density at radius 3 is 1.93 bits per heavy atom. The number of hydrogen-bond donors (Lipinski definition) is 4. The molecule has 0 radical (unpaired) electrons. The van der Waals surface area contributed by atoms with Crippen LogP contribution in [0.25, 0.3) is 0 Å². The molecule has 1 aromatic carbocycles. The second-order valence-electron chi connectivity index (χ2n) is 15.6. The minimum atomic E-state index is -1.16. The van der Waals surface area contributed by atoms with Crippen LogP contribution >= 0.6 is 0 Å². The smallest absolute Gasteiger partial charge is 0.311 e. The van der Waals surface area contributed by atoms with Crippen LogP contribution in [0.1, 0.15) is 116 Å². The van der Waals surface area contributed by atoms with Crippen LogP contribution in [0.4, 0.5) is 0 Å². The summed E-state index contributed by atoms with van der Waals surface area (Å²) in [6.07, 6.45) is 4.06. The highest BCUT2D eigenvalue weighted by Gasteiger charge is 2.32. The van der Waals surface area contributed by atoms with Gasteiger partial charge < -0.3 is 26.2 Å². The van der Waals surface area contributed by atoms with Crippen LogP contribution in [-0.4, -0.2) is 81.7 Å². The number of hydrogen-bond acceptors (Lipinski definition) is 10. The Morgan fingerprint density at radius 2 is 1.36 bits per heavy atom. The maximum atomic E-state index is 13.8. The van der Waals surface area contributed by atoms with Gasteiger partial charge in [-0.25, -0.2) is 0 Å². The normalized spacial score (nSPS) is 14.3. The molecule has 0 saturated carbocycles. The Morgan fingerprint density at radius 1 is 0.768 bits per heavy atom. The van der Waals surface area contributed by atoms with Gasteiger partial charge in [0, 0.05) is 56.7 Å². The lowest BCUT2D eigenvalue weighted by Gasteiger charge is -2.26. The second-order valence-corrected chi connectivity index (χ2v) is 15.6. The highest BCUT2D eigenvalue weighted by Crippen LogP contribution is 2.21. The van der Waals surface area contributed by atoms with Crippen LogP contribution in [0.15, 0.2) is 36.4 Å². The zero-order chi connectivity index (χ0) is 42.0. The van der Waals surface area contributed by atoms with Crippen molar-refractivity contribution in [3.05, 3.63) is 47.5 Å². The Bertz CT molecular complexity index is 1590. The molecule has 15 nitrogen and oxygen atoms in total. The summed E-state index contributed by atoms with van der Waals surface area (Å²) in [6, 6.07) is 4.87. The number of primary amides is 1. The average Bonchev–Trinajstić information content (AvgIpc) is 3.44. The molecule has 0 bridgehead atoms. The van der Waals surface area contributed by atoms with Gasteiger partial charge in [-0.05, 0) is 69.9 Å². The molecule has 2 rings (SSSR count). The highest BCUT2D eigenvalue weighted by atomic mass is 16.5. The molecule has 0 spiro atoms. The van der Waals surface area contributed by atoms with E-state index in [-0.39, 0.29) is 81.2 Å². The lowest BCUT2D eigenvalue weighted by atomic mass is 9.86. The van der Waals surface area contributed by atoms with Crippen molar-refractivity contribution in [2.75, 3.05) is 6.54 Å². The first-order valence-electron chi connectivity index (χ1n) is 19.2. The molecule has 1 heterocycles. The van der Waals surface area contributed by atoms with Crippen molar-refractivity contribution in [3.63, 3.8) is 0 Å². The van der Waals surface area contributed by atoms with E-state index in [2.05, 4.69) is 10.6 Å². The molecule has 0 aromatic heterocycles. The summed E-state index contributed by atoms with van der Waals surface area (Å²) in [6.45, 7) is 9.04. The lowest BCUT2D eigenvalue weighted by Crippen LogP contribution is -2.47. The molecule has 0 aliphatic carbocycles. The number of carbonyl (C=O) groups excluding carboxylic acids is 8. The number of nitrogens with one attached hydrogen (secondary N) is 2. The predicted octanol–water partition coefficient (Wildman–Crippen LogP) is 3.48. The third kappa shape index (κ3) is 17.1. The number of rotatable bonds is 26. The number of benzene rings is 1. The number of Topliss-reactive ketones (excluding diaryl/α,β-unsaturated/α-hetero) is 2. The number of carboxylic acids is 1. The summed E-state index contributed by atoms with van der Waals surface area (Å²) in [5, 5.41) is 14.8. The molecule has 56 heavy (non-hydrogen) atoms. The molecule has 1 aliphatic heterocycles. The number of imide groups is 1. The van der Waals surface area contributed by atoms with Crippen LogP contribution in [-0.2, 0) is 60.9 Å². The van der Waals surface area contributed by atoms with Crippen LogP contribution in [0.5, 0.6) is 0 Å². The number of carboxylic acid groups (broad SMARTS) is 1. The number of esters is 1. The van der Waals surface area contributed by atoms with E-state index < -0.39 is 59.3 Å². The first kappa shape index (κ1) is 46.9. The van der Waals surface area contributed by atoms with E-state index in [1.165, 1.54) is 12.2 Å². The zero-order valence-electron chi connectivity index (χ0n) is 33.2. The van der Waals surface area contributed by atoms with Gasteiger partial charge in [-0.15, -0.1) is 0 Å². The van der Waals surface area contributed by atoms with E-state index >= 15 is 0 Å². The Balaban J connectivity index is 2.08. The van der Waals surface area contributed by atoms with Gasteiger partial charge in [0.2, 0.25) is 17.7 Å². The molecule has 15 heteroatoms. The Kier molecular flexibility index (Phi) is 19.3. The molecule has 1 aliphatic rings. The van der Waals surface area contributed by atoms with E-state index in [1.807, 2.05) is 0 Å². The van der Waals surface area contributed by atoms with Gasteiger partial charge in [-0.1, -0.05) is 51.0 Å². The monoisotopic (exact) mass is 782 g/mol. The van der Waals surface area contributed by atoms with Gasteiger partial charge >= 0.3 is 11.9 Å². The lowest BCUT2D eigenvalue weighted by molar-refractivity contribution is -0.154. The SMILES string of the molecule is CC(C)[C@H](CC(=O)[C@H](CCC(=O)O)NC(=O)CCCCCN1C(=O)C=CC1=O)C(=O)N[C@@H](CCCCC(N)=O)C(=O)Cc1ccc(COC(=O)C(C)(C)C)cc1. The summed E-state index contributed by atoms with van der Waals surface area (Å²) in [5.41, 5.74) is 6.04. The molecule has 0 unspecified atom stereocenters. The van der Waals surface area contributed by atoms with E-state index in [0.717, 1.165) is 10.5 Å². The quantitative estimate of drug-likeness (QED) is 0.0603. The fourth-order valence-corrected chi connectivity index (χ4v) is 5.91. The number of ketones is 2. The molecule has 1 aromatic rings. The summed E-state index contributed by atoms with van der Waals surface area (Å²) >= 11 is 0. The molecule has 0 saturated heterocycles.